The van der Waals surface area contributed by atoms with Crippen molar-refractivity contribution < 1.29 is 10.1 Å². The van der Waals surface area contributed by atoms with Crippen LogP contribution in [0, 0.1) is 18.3 Å². The first kappa shape index (κ1) is 20.3. The lowest BCUT2D eigenvalue weighted by atomic mass is 9.96. The highest BCUT2D eigenvalue weighted by Crippen LogP contribution is 2.37. The lowest BCUT2D eigenvalue weighted by Crippen LogP contribution is -2.87. The normalized spacial score (nSPS) is 13.9. The van der Waals surface area contributed by atoms with Crippen molar-refractivity contribution in [2.75, 3.05) is 11.9 Å². The minimum absolute atomic E-state index is 0.0459. The predicted molar refractivity (Wildman–Crippen MR) is 121 cm³/mol. The molecule has 1 aromatic heterocycles. The number of aryl methyl sites for hydroxylation is 2. The predicted octanol–water partition coefficient (Wildman–Crippen LogP) is 4.10. The number of quaternary nitrogens is 1. The summed E-state index contributed by atoms with van der Waals surface area (Å²) in [5.41, 5.74) is 5.37. The molecule has 1 heterocycles. The van der Waals surface area contributed by atoms with Crippen molar-refractivity contribution in [1.82, 2.24) is 0 Å². The van der Waals surface area contributed by atoms with Crippen LogP contribution in [0.15, 0.2) is 54.6 Å². The number of thiophene rings is 1. The number of hydrogen-bond donors (Lipinski definition) is 2. The molecule has 0 fully saturated rings. The Balaban J connectivity index is 1.49. The third-order valence-electron chi connectivity index (χ3n) is 5.67. The van der Waals surface area contributed by atoms with E-state index >= 15 is 0 Å². The van der Waals surface area contributed by atoms with Crippen LogP contribution >= 0.6 is 11.3 Å². The molecular formula is C25H26N3OS+. The summed E-state index contributed by atoms with van der Waals surface area (Å²) >= 11 is 1.58. The number of rotatable bonds is 6. The Bertz CT molecular complexity index is 1060. The van der Waals surface area contributed by atoms with Gasteiger partial charge in [-0.05, 0) is 38.2 Å². The summed E-state index contributed by atoms with van der Waals surface area (Å²) < 4.78 is 0. The molecule has 30 heavy (non-hydrogen) atoms. The summed E-state index contributed by atoms with van der Waals surface area (Å²) in [6.45, 7) is 2.37. The topological polar surface area (TPSA) is 69.5 Å². The Labute approximate surface area is 181 Å². The van der Waals surface area contributed by atoms with Gasteiger partial charge in [0.05, 0.1) is 5.56 Å². The van der Waals surface area contributed by atoms with Gasteiger partial charge < -0.3 is 10.6 Å². The Kier molecular flexibility index (Phi) is 6.27. The number of nitrogens with one attached hydrogen (secondary N) is 1. The average Bonchev–Trinajstić information content (AvgIpc) is 3.12. The monoisotopic (exact) mass is 416 g/mol. The molecule has 0 radical (unpaired) electrons. The summed E-state index contributed by atoms with van der Waals surface area (Å²) in [6.07, 6.45) is 4.24. The molecule has 3 aromatic rings. The quantitative estimate of drug-likeness (QED) is 0.635. The molecule has 152 valence electrons. The van der Waals surface area contributed by atoms with Crippen LogP contribution < -0.4 is 10.6 Å². The highest BCUT2D eigenvalue weighted by molar-refractivity contribution is 7.16. The Morgan fingerprint density at radius 3 is 2.53 bits per heavy atom. The summed E-state index contributed by atoms with van der Waals surface area (Å²) in [5.74, 6) is -0.0712. The van der Waals surface area contributed by atoms with Crippen molar-refractivity contribution in [3.8, 4) is 6.07 Å². The Morgan fingerprint density at radius 2 is 1.80 bits per heavy atom. The molecule has 0 spiro atoms. The van der Waals surface area contributed by atoms with E-state index in [2.05, 4.69) is 60.0 Å². The van der Waals surface area contributed by atoms with Crippen LogP contribution in [0.5, 0.6) is 0 Å². The minimum atomic E-state index is -0.0712. The molecule has 1 amide bonds. The minimum Gasteiger partial charge on any atom is -0.328 e. The summed E-state index contributed by atoms with van der Waals surface area (Å²) in [7, 11) is 0. The second kappa shape index (κ2) is 9.25. The molecule has 0 aliphatic heterocycles. The molecule has 1 aliphatic carbocycles. The number of amides is 1. The first-order chi connectivity index (χ1) is 14.7. The van der Waals surface area contributed by atoms with Gasteiger partial charge in [0, 0.05) is 16.0 Å². The van der Waals surface area contributed by atoms with E-state index in [9.17, 15) is 10.1 Å². The zero-order valence-corrected chi connectivity index (χ0v) is 18.0. The third-order valence-corrected chi connectivity index (χ3v) is 6.88. The van der Waals surface area contributed by atoms with E-state index in [1.54, 1.807) is 11.3 Å². The number of carbonyl (C=O) groups is 1. The van der Waals surface area contributed by atoms with Crippen LogP contribution in [0.25, 0.3) is 0 Å². The van der Waals surface area contributed by atoms with Gasteiger partial charge >= 0.3 is 0 Å². The number of nitrogens with zero attached hydrogens (tertiary/aromatic N) is 1. The van der Waals surface area contributed by atoms with Gasteiger partial charge in [0.15, 0.2) is 6.54 Å². The highest BCUT2D eigenvalue weighted by Gasteiger charge is 2.23. The fourth-order valence-electron chi connectivity index (χ4n) is 4.07. The van der Waals surface area contributed by atoms with Gasteiger partial charge in [0.2, 0.25) is 0 Å². The molecule has 0 saturated heterocycles. The lowest BCUT2D eigenvalue weighted by Gasteiger charge is -2.16. The van der Waals surface area contributed by atoms with Crippen molar-refractivity contribution in [1.29, 1.82) is 5.26 Å². The zero-order valence-electron chi connectivity index (χ0n) is 17.2. The van der Waals surface area contributed by atoms with Gasteiger partial charge in [-0.1, -0.05) is 60.2 Å². The van der Waals surface area contributed by atoms with Gasteiger partial charge in [-0.25, -0.2) is 0 Å². The summed E-state index contributed by atoms with van der Waals surface area (Å²) in [4.78, 5) is 14.0. The molecule has 2 aromatic carbocycles. The van der Waals surface area contributed by atoms with Gasteiger partial charge in [-0.15, -0.1) is 11.3 Å². The van der Waals surface area contributed by atoms with Crippen LogP contribution in [-0.2, 0) is 17.6 Å². The van der Waals surface area contributed by atoms with Crippen molar-refractivity contribution >= 4 is 22.2 Å². The van der Waals surface area contributed by atoms with E-state index in [0.29, 0.717) is 12.1 Å². The van der Waals surface area contributed by atoms with Gasteiger partial charge in [-0.2, -0.15) is 5.26 Å². The summed E-state index contributed by atoms with van der Waals surface area (Å²) in [5, 5.41) is 15.4. The smallest absolute Gasteiger partial charge is 0.280 e. The fourth-order valence-corrected chi connectivity index (χ4v) is 5.33. The molecule has 4 nitrogen and oxygen atoms in total. The molecule has 0 bridgehead atoms. The zero-order chi connectivity index (χ0) is 20.9. The second-order valence-corrected chi connectivity index (χ2v) is 8.92. The van der Waals surface area contributed by atoms with Crippen LogP contribution in [0.2, 0.25) is 0 Å². The van der Waals surface area contributed by atoms with E-state index in [0.717, 1.165) is 36.2 Å². The van der Waals surface area contributed by atoms with Crippen LogP contribution in [0.3, 0.4) is 0 Å². The largest absolute Gasteiger partial charge is 0.328 e. The van der Waals surface area contributed by atoms with Gasteiger partial charge in [0.25, 0.3) is 5.91 Å². The second-order valence-electron chi connectivity index (χ2n) is 7.81. The van der Waals surface area contributed by atoms with Crippen LogP contribution in [0.4, 0.5) is 5.00 Å². The molecule has 5 heteroatoms. The number of benzene rings is 2. The van der Waals surface area contributed by atoms with Crippen molar-refractivity contribution in [3.63, 3.8) is 0 Å². The standard InChI is InChI=1S/C25H25N3OS/c1-17-11-13-19(14-12-17)24(18-7-3-2-4-8-18)27-16-23(29)28-25-21(15-26)20-9-5-6-10-22(20)30-25/h2-4,7-8,11-14,24,27H,5-6,9-10,16H2,1H3,(H,28,29)/p+1/t24-/m1/s1. The van der Waals surface area contributed by atoms with E-state index in [4.69, 9.17) is 0 Å². The first-order valence-corrected chi connectivity index (χ1v) is 11.3. The molecular weight excluding hydrogens is 390 g/mol. The number of carbonyl (C=O) groups excluding carboxylic acids is 1. The Morgan fingerprint density at radius 1 is 1.10 bits per heavy atom. The maximum absolute atomic E-state index is 12.8. The highest BCUT2D eigenvalue weighted by atomic mass is 32.1. The molecule has 1 aliphatic rings. The average molecular weight is 417 g/mol. The maximum Gasteiger partial charge on any atom is 0.280 e. The van der Waals surface area contributed by atoms with E-state index in [1.165, 1.54) is 21.6 Å². The van der Waals surface area contributed by atoms with Crippen LogP contribution in [0.1, 0.15) is 51.6 Å². The molecule has 0 unspecified atom stereocenters. The van der Waals surface area contributed by atoms with Gasteiger partial charge in [0.1, 0.15) is 17.1 Å². The number of fused-ring (bicyclic) bond motifs is 1. The molecule has 3 N–H and O–H groups in total. The molecule has 0 saturated carbocycles. The van der Waals surface area contributed by atoms with Crippen LogP contribution in [-0.4, -0.2) is 12.5 Å². The number of anilines is 1. The first-order valence-electron chi connectivity index (χ1n) is 10.4. The third kappa shape index (κ3) is 4.46. The van der Waals surface area contributed by atoms with E-state index in [1.807, 2.05) is 18.2 Å². The van der Waals surface area contributed by atoms with Crippen molar-refractivity contribution in [3.05, 3.63) is 87.3 Å². The van der Waals surface area contributed by atoms with E-state index in [-0.39, 0.29) is 11.9 Å². The maximum atomic E-state index is 12.8. The Hall–Kier alpha value is -2.94. The van der Waals surface area contributed by atoms with Crippen molar-refractivity contribution in [2.45, 2.75) is 38.6 Å². The number of hydrogen-bond acceptors (Lipinski definition) is 3. The van der Waals surface area contributed by atoms with E-state index < -0.39 is 0 Å². The number of nitriles is 1. The molecule has 4 rings (SSSR count). The SMILES string of the molecule is Cc1ccc([C@H]([NH2+]CC(=O)Nc2sc3c(c2C#N)CCCC3)c2ccccc2)cc1. The fraction of sp³-hybridized carbons (Fsp3) is 0.280. The molecule has 1 atom stereocenters. The van der Waals surface area contributed by atoms with Gasteiger partial charge in [-0.3, -0.25) is 4.79 Å². The lowest BCUT2D eigenvalue weighted by molar-refractivity contribution is -0.676. The van der Waals surface area contributed by atoms with Crippen molar-refractivity contribution in [2.24, 2.45) is 0 Å². The number of nitrogens with two attached hydrogens (primary N) is 1. The summed E-state index contributed by atoms with van der Waals surface area (Å²) in [6, 6.07) is 21.1.